The first-order chi connectivity index (χ1) is 13.7. The van der Waals surface area contributed by atoms with E-state index in [9.17, 15) is 18.0 Å². The molecule has 10 heteroatoms. The molecule has 0 unspecified atom stereocenters. The molecule has 1 aromatic heterocycles. The Morgan fingerprint density at radius 2 is 2.00 bits per heavy atom. The largest absolute Gasteiger partial charge is 0.410 e. The Bertz CT molecular complexity index is 699. The smallest absolute Gasteiger partial charge is 0.377 e. The Morgan fingerprint density at radius 3 is 2.59 bits per heavy atom. The normalized spacial score (nSPS) is 23.2. The summed E-state index contributed by atoms with van der Waals surface area (Å²) in [6.07, 6.45) is -3.73. The van der Waals surface area contributed by atoms with E-state index in [1.807, 2.05) is 20.8 Å². The molecular formula is C19H30F3N5O2. The van der Waals surface area contributed by atoms with Crippen LogP contribution in [0.2, 0.25) is 0 Å². The molecule has 2 atom stereocenters. The maximum absolute atomic E-state index is 13.5. The van der Waals surface area contributed by atoms with Crippen LogP contribution in [0.5, 0.6) is 0 Å². The van der Waals surface area contributed by atoms with Gasteiger partial charge in [0.2, 0.25) is 0 Å². The van der Waals surface area contributed by atoms with Crippen LogP contribution >= 0.6 is 0 Å². The van der Waals surface area contributed by atoms with Gasteiger partial charge in [-0.2, -0.15) is 18.3 Å². The van der Waals surface area contributed by atoms with Gasteiger partial charge in [0.15, 0.2) is 11.7 Å². The molecule has 3 heterocycles. The summed E-state index contributed by atoms with van der Waals surface area (Å²) < 4.78 is 47.0. The number of halogens is 3. The Labute approximate surface area is 169 Å². The second-order valence-electron chi connectivity index (χ2n) is 7.96. The molecule has 0 radical (unpaired) electrons. The van der Waals surface area contributed by atoms with E-state index in [1.165, 1.54) is 6.07 Å². The highest BCUT2D eigenvalue weighted by atomic mass is 19.4. The molecule has 0 spiro atoms. The van der Waals surface area contributed by atoms with E-state index >= 15 is 0 Å². The number of anilines is 1. The van der Waals surface area contributed by atoms with Crippen molar-refractivity contribution in [2.75, 3.05) is 44.6 Å². The van der Waals surface area contributed by atoms with Crippen LogP contribution in [0.15, 0.2) is 6.07 Å². The van der Waals surface area contributed by atoms with Gasteiger partial charge in [-0.3, -0.25) is 9.69 Å². The van der Waals surface area contributed by atoms with Gasteiger partial charge in [-0.25, -0.2) is 4.68 Å². The van der Waals surface area contributed by atoms with Crippen molar-refractivity contribution >= 4 is 11.7 Å². The molecule has 0 aliphatic carbocycles. The Balaban J connectivity index is 1.64. The molecule has 1 fully saturated rings. The summed E-state index contributed by atoms with van der Waals surface area (Å²) in [6, 6.07) is -0.542. The summed E-state index contributed by atoms with van der Waals surface area (Å²) in [4.78, 5) is 16.7. The lowest BCUT2D eigenvalue weighted by atomic mass is 10.0. The highest BCUT2D eigenvalue weighted by molar-refractivity contribution is 5.93. The number of ether oxygens (including phenoxy) is 1. The number of alkyl halides is 3. The van der Waals surface area contributed by atoms with Crippen LogP contribution in [0.3, 0.4) is 0 Å². The van der Waals surface area contributed by atoms with Crippen molar-refractivity contribution in [2.24, 2.45) is 0 Å². The molecule has 164 valence electrons. The van der Waals surface area contributed by atoms with Crippen LogP contribution in [0.1, 0.15) is 50.1 Å². The fourth-order valence-electron chi connectivity index (χ4n) is 3.78. The average Bonchev–Trinajstić information content (AvgIpc) is 3.10. The molecule has 1 N–H and O–H groups in total. The molecule has 2 aliphatic heterocycles. The summed E-state index contributed by atoms with van der Waals surface area (Å²) >= 11 is 0. The molecule has 2 aliphatic rings. The standard InChI is InChI=1S/C19H30F3N5O2/c1-4-14-11-16(19(20,21)22)27-17(23-14)12-15(24-27)18(28)26-7-5-25(6-8-26)9-10-29-13(2)3/h12-14,16,23H,4-11H2,1-3H3/t14-,16-/m1/s1. The van der Waals surface area contributed by atoms with Gasteiger partial charge in [0.1, 0.15) is 5.82 Å². The average molecular weight is 417 g/mol. The Morgan fingerprint density at radius 1 is 1.31 bits per heavy atom. The van der Waals surface area contributed by atoms with E-state index in [2.05, 4.69) is 15.3 Å². The fourth-order valence-corrected chi connectivity index (χ4v) is 3.78. The topological polar surface area (TPSA) is 62.6 Å². The number of hydrogen-bond acceptors (Lipinski definition) is 5. The highest BCUT2D eigenvalue weighted by Gasteiger charge is 2.46. The highest BCUT2D eigenvalue weighted by Crippen LogP contribution is 2.40. The Kier molecular flexibility index (Phi) is 6.72. The first-order valence-electron chi connectivity index (χ1n) is 10.2. The lowest BCUT2D eigenvalue weighted by Crippen LogP contribution is -2.49. The number of amides is 1. The molecule has 29 heavy (non-hydrogen) atoms. The number of fused-ring (bicyclic) bond motifs is 1. The number of nitrogens with zero attached hydrogens (tertiary/aromatic N) is 4. The number of piperazine rings is 1. The van der Waals surface area contributed by atoms with Crippen molar-refractivity contribution < 1.29 is 22.7 Å². The first kappa shape index (κ1) is 21.9. The molecule has 0 saturated carbocycles. The maximum atomic E-state index is 13.5. The van der Waals surface area contributed by atoms with Crippen molar-refractivity contribution in [1.82, 2.24) is 19.6 Å². The molecule has 7 nitrogen and oxygen atoms in total. The zero-order chi connectivity index (χ0) is 21.2. The van der Waals surface area contributed by atoms with Gasteiger partial charge in [0, 0.05) is 44.8 Å². The van der Waals surface area contributed by atoms with Crippen LogP contribution in [0.4, 0.5) is 19.0 Å². The minimum Gasteiger partial charge on any atom is -0.377 e. The fraction of sp³-hybridized carbons (Fsp3) is 0.789. The predicted octanol–water partition coefficient (Wildman–Crippen LogP) is 2.76. The van der Waals surface area contributed by atoms with Crippen LogP contribution < -0.4 is 5.32 Å². The van der Waals surface area contributed by atoms with Crippen LogP contribution in [-0.4, -0.2) is 83.1 Å². The second kappa shape index (κ2) is 8.91. The minimum absolute atomic E-state index is 0.0649. The third kappa shape index (κ3) is 5.22. The van der Waals surface area contributed by atoms with Crippen LogP contribution in [-0.2, 0) is 4.74 Å². The third-order valence-corrected chi connectivity index (χ3v) is 5.50. The van der Waals surface area contributed by atoms with E-state index in [0.717, 1.165) is 11.2 Å². The van der Waals surface area contributed by atoms with Crippen molar-refractivity contribution in [3.63, 3.8) is 0 Å². The lowest BCUT2D eigenvalue weighted by Gasteiger charge is -2.34. The predicted molar refractivity (Wildman–Crippen MR) is 103 cm³/mol. The molecular weight excluding hydrogens is 387 g/mol. The molecule has 1 amide bonds. The Hall–Kier alpha value is -1.81. The number of nitrogens with one attached hydrogen (secondary N) is 1. The van der Waals surface area contributed by atoms with Crippen LogP contribution in [0, 0.1) is 0 Å². The zero-order valence-electron chi connectivity index (χ0n) is 17.2. The van der Waals surface area contributed by atoms with Gasteiger partial charge in [-0.1, -0.05) is 6.92 Å². The van der Waals surface area contributed by atoms with Crippen molar-refractivity contribution in [3.05, 3.63) is 11.8 Å². The maximum Gasteiger partial charge on any atom is 0.410 e. The summed E-state index contributed by atoms with van der Waals surface area (Å²) in [5, 5.41) is 7.11. The van der Waals surface area contributed by atoms with Gasteiger partial charge in [0.05, 0.1) is 12.7 Å². The molecule has 1 aromatic rings. The summed E-state index contributed by atoms with van der Waals surface area (Å²) in [5.41, 5.74) is 0.0649. The van der Waals surface area contributed by atoms with Crippen molar-refractivity contribution in [1.29, 1.82) is 0 Å². The lowest BCUT2D eigenvalue weighted by molar-refractivity contribution is -0.173. The van der Waals surface area contributed by atoms with E-state index in [0.29, 0.717) is 39.2 Å². The molecule has 0 aromatic carbocycles. The van der Waals surface area contributed by atoms with Gasteiger partial charge in [0.25, 0.3) is 5.91 Å². The zero-order valence-corrected chi connectivity index (χ0v) is 17.2. The summed E-state index contributed by atoms with van der Waals surface area (Å²) in [6.45, 7) is 9.73. The van der Waals surface area contributed by atoms with Gasteiger partial charge >= 0.3 is 6.18 Å². The van der Waals surface area contributed by atoms with Crippen molar-refractivity contribution in [2.45, 2.75) is 58.0 Å². The quantitative estimate of drug-likeness (QED) is 0.771. The molecule has 1 saturated heterocycles. The van der Waals surface area contributed by atoms with Crippen molar-refractivity contribution in [3.8, 4) is 0 Å². The van der Waals surface area contributed by atoms with Crippen LogP contribution in [0.25, 0.3) is 0 Å². The number of carbonyl (C=O) groups is 1. The van der Waals surface area contributed by atoms with Gasteiger partial charge in [-0.15, -0.1) is 0 Å². The monoisotopic (exact) mass is 417 g/mol. The molecule has 0 bridgehead atoms. The van der Waals surface area contributed by atoms with Gasteiger partial charge < -0.3 is 15.0 Å². The van der Waals surface area contributed by atoms with E-state index in [1.54, 1.807) is 4.90 Å². The van der Waals surface area contributed by atoms with Gasteiger partial charge in [-0.05, 0) is 26.7 Å². The number of rotatable bonds is 6. The van der Waals surface area contributed by atoms with E-state index in [4.69, 9.17) is 4.74 Å². The number of hydrogen-bond donors (Lipinski definition) is 1. The number of carbonyl (C=O) groups excluding carboxylic acids is 1. The second-order valence-corrected chi connectivity index (χ2v) is 7.96. The van der Waals surface area contributed by atoms with E-state index in [-0.39, 0.29) is 36.0 Å². The molecule has 3 rings (SSSR count). The summed E-state index contributed by atoms with van der Waals surface area (Å²) in [7, 11) is 0. The first-order valence-corrected chi connectivity index (χ1v) is 10.2. The number of aromatic nitrogens is 2. The minimum atomic E-state index is -4.40. The third-order valence-electron chi connectivity index (χ3n) is 5.50. The SMILES string of the molecule is CC[C@@H]1C[C@H](C(F)(F)F)n2nc(C(=O)N3CCN(CCOC(C)C)CC3)cc2N1. The summed E-state index contributed by atoms with van der Waals surface area (Å²) in [5.74, 6) is -0.0565. The van der Waals surface area contributed by atoms with E-state index < -0.39 is 12.2 Å².